The highest BCUT2D eigenvalue weighted by Gasteiger charge is 2.15. The van der Waals surface area contributed by atoms with Crippen molar-refractivity contribution in [1.82, 2.24) is 0 Å². The van der Waals surface area contributed by atoms with Crippen LogP contribution in [0.1, 0.15) is 25.0 Å². The minimum absolute atomic E-state index is 0.400. The predicted molar refractivity (Wildman–Crippen MR) is 55.4 cm³/mol. The molecule has 0 aromatic heterocycles. The number of benzene rings is 1. The molecular weight excluding hydrogens is 219 g/mol. The van der Waals surface area contributed by atoms with Gasteiger partial charge in [-0.3, -0.25) is 4.18 Å². The Morgan fingerprint density at radius 2 is 2.13 bits per heavy atom. The molecule has 0 aliphatic rings. The lowest BCUT2D eigenvalue weighted by molar-refractivity contribution is 0.211. The van der Waals surface area contributed by atoms with E-state index in [0.29, 0.717) is 12.0 Å². The van der Waals surface area contributed by atoms with Crippen LogP contribution in [0.2, 0.25) is 0 Å². The summed E-state index contributed by atoms with van der Waals surface area (Å²) in [6, 6.07) is 5.75. The highest BCUT2D eigenvalue weighted by molar-refractivity contribution is 7.86. The normalized spacial score (nSPS) is 13.8. The van der Waals surface area contributed by atoms with Gasteiger partial charge in [-0.1, -0.05) is 19.1 Å². The van der Waals surface area contributed by atoms with Crippen molar-refractivity contribution in [2.45, 2.75) is 19.4 Å². The lowest BCUT2D eigenvalue weighted by Crippen LogP contribution is -2.09. The van der Waals surface area contributed by atoms with Crippen molar-refractivity contribution in [2.75, 3.05) is 6.26 Å². The maximum absolute atomic E-state index is 12.9. The van der Waals surface area contributed by atoms with Gasteiger partial charge in [-0.15, -0.1) is 0 Å². The fraction of sp³-hybridized carbons (Fsp3) is 0.400. The van der Waals surface area contributed by atoms with Crippen LogP contribution < -0.4 is 0 Å². The van der Waals surface area contributed by atoms with E-state index in [1.807, 2.05) is 0 Å². The first-order chi connectivity index (χ1) is 6.92. The second-order valence-electron chi connectivity index (χ2n) is 3.25. The van der Waals surface area contributed by atoms with Crippen molar-refractivity contribution in [3.05, 3.63) is 35.6 Å². The summed E-state index contributed by atoms with van der Waals surface area (Å²) in [5.74, 6) is -0.400. The zero-order valence-electron chi connectivity index (χ0n) is 8.60. The molecule has 1 atom stereocenters. The van der Waals surface area contributed by atoms with Crippen LogP contribution in [0, 0.1) is 5.82 Å². The molecule has 0 aliphatic heterocycles. The number of hydrogen-bond acceptors (Lipinski definition) is 3. The summed E-state index contributed by atoms with van der Waals surface area (Å²) < 4.78 is 39.6. The van der Waals surface area contributed by atoms with E-state index in [4.69, 9.17) is 4.18 Å². The first-order valence-electron chi connectivity index (χ1n) is 4.56. The lowest BCUT2D eigenvalue weighted by Gasteiger charge is -2.14. The van der Waals surface area contributed by atoms with Crippen LogP contribution in [-0.2, 0) is 14.3 Å². The van der Waals surface area contributed by atoms with Gasteiger partial charge in [0.25, 0.3) is 10.1 Å². The van der Waals surface area contributed by atoms with Crippen LogP contribution >= 0.6 is 0 Å². The molecule has 0 heterocycles. The van der Waals surface area contributed by atoms with Crippen molar-refractivity contribution in [3.63, 3.8) is 0 Å². The first kappa shape index (κ1) is 12.1. The summed E-state index contributed by atoms with van der Waals surface area (Å²) in [5, 5.41) is 0. The van der Waals surface area contributed by atoms with Crippen LogP contribution in [0.15, 0.2) is 24.3 Å². The molecule has 0 aliphatic carbocycles. The van der Waals surface area contributed by atoms with E-state index >= 15 is 0 Å². The maximum atomic E-state index is 12.9. The fourth-order valence-corrected chi connectivity index (χ4v) is 1.95. The van der Waals surface area contributed by atoms with Crippen LogP contribution in [0.25, 0.3) is 0 Å². The Kier molecular flexibility index (Phi) is 3.82. The van der Waals surface area contributed by atoms with Crippen molar-refractivity contribution >= 4 is 10.1 Å². The van der Waals surface area contributed by atoms with Crippen molar-refractivity contribution in [3.8, 4) is 0 Å². The maximum Gasteiger partial charge on any atom is 0.264 e. The second-order valence-corrected chi connectivity index (χ2v) is 4.85. The number of hydrogen-bond donors (Lipinski definition) is 0. The third-order valence-electron chi connectivity index (χ3n) is 1.88. The summed E-state index contributed by atoms with van der Waals surface area (Å²) in [6.45, 7) is 1.78. The average Bonchev–Trinajstić information content (AvgIpc) is 2.13. The Morgan fingerprint density at radius 1 is 1.47 bits per heavy atom. The van der Waals surface area contributed by atoms with Gasteiger partial charge in [-0.2, -0.15) is 8.42 Å². The van der Waals surface area contributed by atoms with E-state index in [0.717, 1.165) is 6.26 Å². The predicted octanol–water partition coefficient (Wildman–Crippen LogP) is 2.25. The SMILES string of the molecule is CCC(OS(C)(=O)=O)c1cccc(F)c1. The van der Waals surface area contributed by atoms with Gasteiger partial charge in [-0.25, -0.2) is 4.39 Å². The molecule has 1 unspecified atom stereocenters. The highest BCUT2D eigenvalue weighted by atomic mass is 32.2. The zero-order valence-corrected chi connectivity index (χ0v) is 9.42. The molecule has 1 aromatic carbocycles. The topological polar surface area (TPSA) is 43.4 Å². The number of halogens is 1. The van der Waals surface area contributed by atoms with Gasteiger partial charge in [0.15, 0.2) is 0 Å². The van der Waals surface area contributed by atoms with Gasteiger partial charge in [-0.05, 0) is 24.1 Å². The molecule has 0 spiro atoms. The minimum Gasteiger partial charge on any atom is -0.262 e. The smallest absolute Gasteiger partial charge is 0.262 e. The van der Waals surface area contributed by atoms with Crippen molar-refractivity contribution in [1.29, 1.82) is 0 Å². The van der Waals surface area contributed by atoms with Crippen LogP contribution in [0.4, 0.5) is 4.39 Å². The quantitative estimate of drug-likeness (QED) is 0.748. The van der Waals surface area contributed by atoms with E-state index in [9.17, 15) is 12.8 Å². The van der Waals surface area contributed by atoms with E-state index in [-0.39, 0.29) is 0 Å². The third kappa shape index (κ3) is 3.97. The molecule has 0 saturated heterocycles. The number of rotatable bonds is 4. The van der Waals surface area contributed by atoms with Crippen LogP contribution in [0.5, 0.6) is 0 Å². The Balaban J connectivity index is 2.93. The summed E-state index contributed by atoms with van der Waals surface area (Å²) >= 11 is 0. The van der Waals surface area contributed by atoms with E-state index in [2.05, 4.69) is 0 Å². The average molecular weight is 232 g/mol. The van der Waals surface area contributed by atoms with Crippen LogP contribution in [0.3, 0.4) is 0 Å². The van der Waals surface area contributed by atoms with Gasteiger partial charge in [0, 0.05) is 0 Å². The molecule has 0 N–H and O–H groups in total. The standard InChI is InChI=1S/C10H13FO3S/c1-3-10(14-15(2,12)13)8-5-4-6-9(11)7-8/h4-7,10H,3H2,1-2H3. The lowest BCUT2D eigenvalue weighted by atomic mass is 10.1. The molecule has 15 heavy (non-hydrogen) atoms. The molecule has 0 saturated carbocycles. The van der Waals surface area contributed by atoms with E-state index in [1.165, 1.54) is 18.2 Å². The fourth-order valence-electron chi connectivity index (χ4n) is 1.28. The van der Waals surface area contributed by atoms with Gasteiger partial charge >= 0.3 is 0 Å². The molecule has 1 rings (SSSR count). The van der Waals surface area contributed by atoms with Gasteiger partial charge in [0.1, 0.15) is 11.9 Å². The Bertz CT molecular complexity index is 428. The molecule has 0 amide bonds. The highest BCUT2D eigenvalue weighted by Crippen LogP contribution is 2.23. The summed E-state index contributed by atoms with van der Waals surface area (Å²) in [4.78, 5) is 0. The molecule has 3 nitrogen and oxygen atoms in total. The molecule has 1 aromatic rings. The Hall–Kier alpha value is -0.940. The third-order valence-corrected chi connectivity index (χ3v) is 2.46. The van der Waals surface area contributed by atoms with E-state index < -0.39 is 22.0 Å². The van der Waals surface area contributed by atoms with Gasteiger partial charge in [0.2, 0.25) is 0 Å². The minimum atomic E-state index is -3.52. The molecule has 84 valence electrons. The summed E-state index contributed by atoms with van der Waals surface area (Å²) in [6.07, 6.45) is 0.835. The Labute approximate surface area is 89.0 Å². The summed E-state index contributed by atoms with van der Waals surface area (Å²) in [5.41, 5.74) is 0.530. The van der Waals surface area contributed by atoms with Crippen LogP contribution in [-0.4, -0.2) is 14.7 Å². The zero-order chi connectivity index (χ0) is 11.5. The molecule has 0 radical (unpaired) electrons. The largest absolute Gasteiger partial charge is 0.264 e. The molecule has 5 heteroatoms. The molecule has 0 fully saturated rings. The van der Waals surface area contributed by atoms with Crippen molar-refractivity contribution < 1.29 is 17.0 Å². The van der Waals surface area contributed by atoms with E-state index in [1.54, 1.807) is 13.0 Å². The monoisotopic (exact) mass is 232 g/mol. The van der Waals surface area contributed by atoms with Crippen molar-refractivity contribution in [2.24, 2.45) is 0 Å². The van der Waals surface area contributed by atoms with Gasteiger partial charge in [0.05, 0.1) is 6.26 Å². The Morgan fingerprint density at radius 3 is 2.60 bits per heavy atom. The second kappa shape index (κ2) is 4.72. The molecular formula is C10H13FO3S. The molecule has 0 bridgehead atoms. The first-order valence-corrected chi connectivity index (χ1v) is 6.37. The summed E-state index contributed by atoms with van der Waals surface area (Å²) in [7, 11) is -3.52. The van der Waals surface area contributed by atoms with Gasteiger partial charge < -0.3 is 0 Å².